The van der Waals surface area contributed by atoms with Gasteiger partial charge in [-0.25, -0.2) is 0 Å². The van der Waals surface area contributed by atoms with Crippen LogP contribution in [0, 0.1) is 0 Å². The van der Waals surface area contributed by atoms with Crippen LogP contribution in [0.1, 0.15) is 121 Å². The average Bonchev–Trinajstić information content (AvgIpc) is 0.817. The molecule has 0 spiro atoms. The minimum Gasteiger partial charge on any atom is -0.497 e. The molecule has 0 aliphatic carbocycles. The van der Waals surface area contributed by atoms with Gasteiger partial charge < -0.3 is 78.5 Å². The highest BCUT2D eigenvalue weighted by Crippen LogP contribution is 2.38. The first-order chi connectivity index (χ1) is 56.8. The van der Waals surface area contributed by atoms with E-state index < -0.39 is 0 Å². The van der Waals surface area contributed by atoms with Crippen molar-refractivity contribution in [2.24, 2.45) is 0 Å². The summed E-state index contributed by atoms with van der Waals surface area (Å²) in [7, 11) is 6.61. The van der Waals surface area contributed by atoms with Gasteiger partial charge in [0.25, 0.3) is 35.4 Å². The Morgan fingerprint density at radius 2 is 0.672 bits per heavy atom. The molecule has 6 aliphatic rings. The number of hydrogen-bond donors (Lipinski definition) is 3. The zero-order chi connectivity index (χ0) is 80.5. The summed E-state index contributed by atoms with van der Waals surface area (Å²) in [5, 5.41) is 9.31. The molecule has 9 aromatic rings. The van der Waals surface area contributed by atoms with Crippen molar-refractivity contribution in [2.45, 2.75) is 75.5 Å². The van der Waals surface area contributed by atoms with Crippen LogP contribution in [0.25, 0.3) is 0 Å². The van der Waals surface area contributed by atoms with Crippen molar-refractivity contribution in [1.29, 1.82) is 0 Å². The zero-order valence-electron chi connectivity index (χ0n) is 67.0. The van der Waals surface area contributed by atoms with Crippen LogP contribution in [0.4, 0.5) is 17.1 Å². The van der Waals surface area contributed by atoms with Crippen molar-refractivity contribution >= 4 is 52.5 Å². The topological polar surface area (TPSA) is 223 Å². The number of carbonyl (C=O) groups excluding carboxylic acids is 6. The first kappa shape index (κ1) is 82.3. The van der Waals surface area contributed by atoms with Crippen molar-refractivity contribution < 1.29 is 61.9 Å². The molecule has 606 valence electrons. The van der Waals surface area contributed by atoms with E-state index >= 15 is 0 Å². The van der Waals surface area contributed by atoms with Crippen molar-refractivity contribution in [2.75, 3.05) is 161 Å². The number of likely N-dealkylation sites (tertiary alicyclic amines) is 3. The van der Waals surface area contributed by atoms with E-state index in [1.807, 2.05) is 209 Å². The number of nitrogens with zero attached hydrogens (tertiary/aromatic N) is 6. The van der Waals surface area contributed by atoms with Crippen molar-refractivity contribution in [3.05, 3.63) is 262 Å². The van der Waals surface area contributed by atoms with E-state index in [1.165, 1.54) is 0 Å². The predicted octanol–water partition coefficient (Wildman–Crippen LogP) is 12.8. The Balaban J connectivity index is 0.000000151. The Morgan fingerprint density at radius 1 is 0.345 bits per heavy atom. The van der Waals surface area contributed by atoms with Gasteiger partial charge in [0.15, 0.2) is 19.8 Å². The van der Waals surface area contributed by atoms with E-state index in [2.05, 4.69) is 48.8 Å². The lowest BCUT2D eigenvalue weighted by Gasteiger charge is -2.35. The Labute approximate surface area is 680 Å². The van der Waals surface area contributed by atoms with Crippen LogP contribution in [0.3, 0.4) is 0 Å². The first-order valence-corrected chi connectivity index (χ1v) is 40.6. The number of carbonyl (C=O) groups is 6. The number of ether oxygens (including phenoxy) is 7. The summed E-state index contributed by atoms with van der Waals surface area (Å²) in [5.74, 6) is 6.45. The van der Waals surface area contributed by atoms with Gasteiger partial charge in [0.2, 0.25) is 0 Å². The fourth-order valence-corrected chi connectivity index (χ4v) is 16.5. The molecule has 15 rings (SSSR count). The van der Waals surface area contributed by atoms with Gasteiger partial charge in [0, 0.05) is 75.6 Å². The van der Waals surface area contributed by atoms with Gasteiger partial charge >= 0.3 is 0 Å². The number of hydrogen-bond acceptors (Lipinski definition) is 16. The summed E-state index contributed by atoms with van der Waals surface area (Å²) in [4.78, 5) is 89.7. The van der Waals surface area contributed by atoms with Crippen molar-refractivity contribution in [3.8, 4) is 40.2 Å². The smallest absolute Gasteiger partial charge is 0.265 e. The minimum absolute atomic E-state index is 0.00151. The normalized spacial score (nSPS) is 15.9. The molecule has 0 aromatic heterocycles. The van der Waals surface area contributed by atoms with E-state index in [-0.39, 0.29) is 55.3 Å². The molecule has 0 unspecified atom stereocenters. The molecule has 3 fully saturated rings. The molecular formula is C94H107N9O13. The molecule has 22 heteroatoms. The SMILES string of the molecule is COc1ccc(CCNC(=O)c2ccccc2C2CCN(CCN3C(=O)COc4ccccc43)CC2)cc1.COc1ccc(OC)c(CCNC(=O)c2ccccc2C2CCN(CCN3C(=O)COc4ccccc43)CC2)c1.COc1ccccc1CCNC(=O)c1ccccc1C1CCN(CCN2C(=O)COc3ccccc32)CC1. The third-order valence-corrected chi connectivity index (χ3v) is 22.9. The van der Waals surface area contributed by atoms with Crippen LogP contribution in [0.2, 0.25) is 0 Å². The van der Waals surface area contributed by atoms with E-state index in [1.54, 1.807) is 28.4 Å². The lowest BCUT2D eigenvalue weighted by Crippen LogP contribution is -2.45. The first-order valence-electron chi connectivity index (χ1n) is 40.6. The summed E-state index contributed by atoms with van der Waals surface area (Å²) >= 11 is 0. The van der Waals surface area contributed by atoms with Crippen LogP contribution in [-0.2, 0) is 33.6 Å². The molecule has 0 radical (unpaired) electrons. The van der Waals surface area contributed by atoms with Crippen LogP contribution in [0.5, 0.6) is 40.2 Å². The molecule has 0 atom stereocenters. The standard InChI is InChI=1S/C32H37N3O5.2C31H35N3O4/c1-38-25-11-12-29(39-2)24(21-25)13-16-33-32(37)27-8-4-3-7-26(27)23-14-17-34(18-15-23)19-20-35-28-9-5-6-10-30(28)40-22-31(35)36;1-37-28-12-6-2-8-24(28)14-17-32-31(36)26-10-4-3-9-25(26)23-15-18-33(19-16-23)20-21-34-27-11-5-7-13-29(27)38-22-30(34)35;1-37-25-12-10-23(11-13-25)14-17-32-31(36)27-7-3-2-6-26(27)24-15-18-33(19-16-24)20-21-34-28-8-4-5-9-29(28)38-22-30(34)35/h3-12,21,23H,13-20,22H2,1-2H3,(H,33,37);2-13,23H,14-22H2,1H3,(H,32,36);2-13,24H,14-22H2,1H3,(H,32,36). The Morgan fingerprint density at radius 3 is 1.06 bits per heavy atom. The largest absolute Gasteiger partial charge is 0.497 e. The highest BCUT2D eigenvalue weighted by molar-refractivity contribution is 6.00. The Hall–Kier alpha value is -11.7. The third kappa shape index (κ3) is 21.2. The molecule has 116 heavy (non-hydrogen) atoms. The fourth-order valence-electron chi connectivity index (χ4n) is 16.5. The lowest BCUT2D eigenvalue weighted by atomic mass is 9.86. The maximum Gasteiger partial charge on any atom is 0.265 e. The Kier molecular flexibility index (Phi) is 29.1. The van der Waals surface area contributed by atoms with Gasteiger partial charge in [0.1, 0.15) is 40.2 Å². The van der Waals surface area contributed by atoms with Gasteiger partial charge in [-0.1, -0.05) is 121 Å². The molecular weight excluding hydrogens is 1460 g/mol. The van der Waals surface area contributed by atoms with Gasteiger partial charge in [-0.15, -0.1) is 0 Å². The molecule has 6 heterocycles. The molecule has 0 bridgehead atoms. The predicted molar refractivity (Wildman–Crippen MR) is 451 cm³/mol. The Bertz CT molecular complexity index is 4800. The number of amides is 6. The number of anilines is 3. The fraction of sp³-hybridized carbons (Fsp3) is 0.362. The highest BCUT2D eigenvalue weighted by Gasteiger charge is 2.33. The van der Waals surface area contributed by atoms with Crippen LogP contribution in [-0.4, -0.2) is 197 Å². The summed E-state index contributed by atoms with van der Waals surface area (Å²) in [6.45, 7) is 11.9. The average molecular weight is 1570 g/mol. The van der Waals surface area contributed by atoms with Crippen LogP contribution in [0.15, 0.2) is 212 Å². The molecule has 0 saturated carbocycles. The molecule has 22 nitrogen and oxygen atoms in total. The summed E-state index contributed by atoms with van der Waals surface area (Å²) < 4.78 is 38.1. The quantitative estimate of drug-likeness (QED) is 0.0415. The maximum atomic E-state index is 13.2. The van der Waals surface area contributed by atoms with Gasteiger partial charge in [-0.05, 0) is 239 Å². The molecule has 3 N–H and O–H groups in total. The van der Waals surface area contributed by atoms with Crippen molar-refractivity contribution in [3.63, 3.8) is 0 Å². The van der Waals surface area contributed by atoms with Gasteiger partial charge in [-0.3, -0.25) is 28.8 Å². The number of rotatable bonds is 28. The lowest BCUT2D eigenvalue weighted by molar-refractivity contribution is -0.122. The maximum absolute atomic E-state index is 13.2. The van der Waals surface area contributed by atoms with Gasteiger partial charge in [-0.2, -0.15) is 0 Å². The van der Waals surface area contributed by atoms with Crippen LogP contribution < -0.4 is 63.8 Å². The summed E-state index contributed by atoms with van der Waals surface area (Å²) in [6.07, 6.45) is 8.02. The number of para-hydroxylation sites is 7. The second-order valence-corrected chi connectivity index (χ2v) is 29.9. The number of piperidine rings is 3. The molecule has 9 aromatic carbocycles. The van der Waals surface area contributed by atoms with E-state index in [0.29, 0.717) is 69.9 Å². The summed E-state index contributed by atoms with van der Waals surface area (Å²) in [6, 6.07) is 68.6. The number of benzene rings is 9. The number of nitrogens with one attached hydrogen (secondary N) is 3. The third-order valence-electron chi connectivity index (χ3n) is 22.9. The molecule has 3 saturated heterocycles. The van der Waals surface area contributed by atoms with Crippen molar-refractivity contribution in [1.82, 2.24) is 30.7 Å². The number of methoxy groups -OCH3 is 4. The van der Waals surface area contributed by atoms with Crippen LogP contribution >= 0.6 is 0 Å². The molecule has 6 amide bonds. The van der Waals surface area contributed by atoms with Gasteiger partial charge in [0.05, 0.1) is 45.5 Å². The monoisotopic (exact) mass is 1570 g/mol. The second-order valence-electron chi connectivity index (χ2n) is 29.9. The minimum atomic E-state index is -0.0515. The second kappa shape index (κ2) is 41.0. The van der Waals surface area contributed by atoms with E-state index in [4.69, 9.17) is 33.2 Å². The van der Waals surface area contributed by atoms with E-state index in [0.717, 1.165) is 211 Å². The number of fused-ring (bicyclic) bond motifs is 3. The molecule has 6 aliphatic heterocycles. The highest BCUT2D eigenvalue weighted by atomic mass is 16.5. The summed E-state index contributed by atoms with van der Waals surface area (Å²) in [5.41, 5.74) is 11.4. The zero-order valence-corrected chi connectivity index (χ0v) is 67.0. The van der Waals surface area contributed by atoms with E-state index in [9.17, 15) is 28.8 Å².